The number of nitrogens with zero attached hydrogens (tertiary/aromatic N) is 4. The van der Waals surface area contributed by atoms with Gasteiger partial charge in [0.05, 0.1) is 22.1 Å². The lowest BCUT2D eigenvalue weighted by molar-refractivity contribution is -0.384. The van der Waals surface area contributed by atoms with Gasteiger partial charge in [-0.25, -0.2) is 0 Å². The third kappa shape index (κ3) is 4.87. The maximum absolute atomic E-state index is 13.2. The Morgan fingerprint density at radius 2 is 1.71 bits per heavy atom. The number of anilines is 1. The van der Waals surface area contributed by atoms with Gasteiger partial charge in [0.25, 0.3) is 5.69 Å². The molecule has 1 saturated heterocycles. The highest BCUT2D eigenvalue weighted by molar-refractivity contribution is 8.16. The maximum Gasteiger partial charge on any atom is 0.270 e. The van der Waals surface area contributed by atoms with Gasteiger partial charge < -0.3 is 0 Å². The standard InChI is InChI=1S/C23H18N4O3S/c28-22-21(15-17-8-3-1-4-9-17)31-23(26(22)19-11-5-2-6-12-19)25-24-16-18-10-7-13-20(14-18)27(29)30/h1-14,16,21H,15H2/b24-16-,25-23+/t21-/m0/s1. The molecule has 1 aliphatic heterocycles. The van der Waals surface area contributed by atoms with Crippen molar-refractivity contribution in [3.05, 3.63) is 106 Å². The summed E-state index contributed by atoms with van der Waals surface area (Å²) >= 11 is 1.36. The number of hydrogen-bond acceptors (Lipinski definition) is 6. The molecule has 154 valence electrons. The topological polar surface area (TPSA) is 88.2 Å². The first-order chi connectivity index (χ1) is 15.1. The molecule has 1 fully saturated rings. The molecule has 1 heterocycles. The van der Waals surface area contributed by atoms with Gasteiger partial charge in [-0.15, -0.1) is 5.10 Å². The second kappa shape index (κ2) is 9.36. The Balaban J connectivity index is 1.61. The number of amides is 1. The normalized spacial score (nSPS) is 17.5. The fraction of sp³-hybridized carbons (Fsp3) is 0.0870. The Kier molecular flexibility index (Phi) is 6.18. The lowest BCUT2D eigenvalue weighted by Gasteiger charge is -2.15. The van der Waals surface area contributed by atoms with Crippen LogP contribution in [-0.4, -0.2) is 27.5 Å². The van der Waals surface area contributed by atoms with Gasteiger partial charge in [0.2, 0.25) is 5.91 Å². The first kappa shape index (κ1) is 20.5. The summed E-state index contributed by atoms with van der Waals surface area (Å²) < 4.78 is 0. The monoisotopic (exact) mass is 430 g/mol. The van der Waals surface area contributed by atoms with E-state index in [1.54, 1.807) is 17.0 Å². The van der Waals surface area contributed by atoms with Crippen LogP contribution in [0.1, 0.15) is 11.1 Å². The van der Waals surface area contributed by atoms with Crippen molar-refractivity contribution in [1.29, 1.82) is 0 Å². The smallest absolute Gasteiger partial charge is 0.270 e. The van der Waals surface area contributed by atoms with E-state index >= 15 is 0 Å². The van der Waals surface area contributed by atoms with Crippen LogP contribution in [0.2, 0.25) is 0 Å². The Morgan fingerprint density at radius 3 is 2.42 bits per heavy atom. The minimum Gasteiger partial charge on any atom is -0.273 e. The molecule has 7 nitrogen and oxygen atoms in total. The Bertz CT molecular complexity index is 1150. The first-order valence-corrected chi connectivity index (χ1v) is 10.4. The molecule has 8 heteroatoms. The number of amidine groups is 1. The van der Waals surface area contributed by atoms with Crippen LogP contribution < -0.4 is 4.90 Å². The zero-order valence-corrected chi connectivity index (χ0v) is 17.2. The summed E-state index contributed by atoms with van der Waals surface area (Å²) in [4.78, 5) is 25.2. The Hall–Kier alpha value is -3.78. The SMILES string of the molecule is O=C1[C@H](Cc2ccccc2)S/C(=N/N=C\c2cccc([N+](=O)[O-])c2)N1c1ccccc1. The summed E-state index contributed by atoms with van der Waals surface area (Å²) in [5, 5.41) is 19.5. The Morgan fingerprint density at radius 1 is 1.00 bits per heavy atom. The second-order valence-electron chi connectivity index (χ2n) is 6.78. The molecular formula is C23H18N4O3S. The summed E-state index contributed by atoms with van der Waals surface area (Å²) in [5.41, 5.74) is 2.33. The van der Waals surface area contributed by atoms with E-state index in [1.165, 1.54) is 30.1 Å². The molecular weight excluding hydrogens is 412 g/mol. The van der Waals surface area contributed by atoms with E-state index < -0.39 is 4.92 Å². The number of carbonyl (C=O) groups excluding carboxylic acids is 1. The molecule has 0 bridgehead atoms. The Labute approximate surface area is 183 Å². The maximum atomic E-state index is 13.2. The van der Waals surface area contributed by atoms with Gasteiger partial charge in [-0.05, 0) is 24.1 Å². The quantitative estimate of drug-likeness (QED) is 0.323. The van der Waals surface area contributed by atoms with Crippen LogP contribution in [0.4, 0.5) is 11.4 Å². The van der Waals surface area contributed by atoms with Gasteiger partial charge in [-0.1, -0.05) is 72.4 Å². The molecule has 1 amide bonds. The summed E-state index contributed by atoms with van der Waals surface area (Å²) in [7, 11) is 0. The third-order valence-corrected chi connectivity index (χ3v) is 5.77. The van der Waals surface area contributed by atoms with E-state index in [2.05, 4.69) is 10.2 Å². The number of hydrogen-bond donors (Lipinski definition) is 0. The molecule has 0 saturated carbocycles. The molecule has 0 aromatic heterocycles. The number of nitro groups is 1. The van der Waals surface area contributed by atoms with Crippen molar-refractivity contribution in [3.63, 3.8) is 0 Å². The molecule has 4 rings (SSSR count). The van der Waals surface area contributed by atoms with Crippen LogP contribution >= 0.6 is 11.8 Å². The zero-order chi connectivity index (χ0) is 21.6. The number of nitro benzene ring substituents is 1. The minimum absolute atomic E-state index is 0.0177. The highest BCUT2D eigenvalue weighted by Gasteiger charge is 2.39. The van der Waals surface area contributed by atoms with Crippen LogP contribution in [0.3, 0.4) is 0 Å². The van der Waals surface area contributed by atoms with E-state index in [9.17, 15) is 14.9 Å². The number of benzene rings is 3. The van der Waals surface area contributed by atoms with Gasteiger partial charge in [0, 0.05) is 17.7 Å². The molecule has 3 aromatic rings. The van der Waals surface area contributed by atoms with Crippen molar-refractivity contribution in [2.24, 2.45) is 10.2 Å². The molecule has 1 aliphatic rings. The summed E-state index contributed by atoms with van der Waals surface area (Å²) in [6, 6.07) is 25.3. The van der Waals surface area contributed by atoms with E-state index in [4.69, 9.17) is 0 Å². The lowest BCUT2D eigenvalue weighted by Crippen LogP contribution is -2.32. The number of para-hydroxylation sites is 1. The van der Waals surface area contributed by atoms with Crippen molar-refractivity contribution in [1.82, 2.24) is 0 Å². The van der Waals surface area contributed by atoms with Crippen molar-refractivity contribution in [3.8, 4) is 0 Å². The van der Waals surface area contributed by atoms with Crippen LogP contribution in [0.15, 0.2) is 95.1 Å². The van der Waals surface area contributed by atoms with E-state index in [-0.39, 0.29) is 16.8 Å². The lowest BCUT2D eigenvalue weighted by atomic mass is 10.1. The number of thioether (sulfide) groups is 1. The van der Waals surface area contributed by atoms with E-state index in [0.29, 0.717) is 17.2 Å². The third-order valence-electron chi connectivity index (χ3n) is 4.64. The summed E-state index contributed by atoms with van der Waals surface area (Å²) in [6.45, 7) is 0. The molecule has 0 aliphatic carbocycles. The van der Waals surface area contributed by atoms with E-state index in [1.807, 2.05) is 60.7 Å². The molecule has 0 N–H and O–H groups in total. The first-order valence-electron chi connectivity index (χ1n) is 9.57. The van der Waals surface area contributed by atoms with Crippen molar-refractivity contribution >= 4 is 40.4 Å². The van der Waals surface area contributed by atoms with Crippen LogP contribution in [0.25, 0.3) is 0 Å². The van der Waals surface area contributed by atoms with Crippen molar-refractivity contribution in [2.45, 2.75) is 11.7 Å². The van der Waals surface area contributed by atoms with Gasteiger partial charge >= 0.3 is 0 Å². The largest absolute Gasteiger partial charge is 0.273 e. The predicted octanol–water partition coefficient (Wildman–Crippen LogP) is 4.68. The average molecular weight is 430 g/mol. The molecule has 0 unspecified atom stereocenters. The number of rotatable bonds is 6. The van der Waals surface area contributed by atoms with Crippen LogP contribution in [0.5, 0.6) is 0 Å². The van der Waals surface area contributed by atoms with Gasteiger partial charge in [-0.2, -0.15) is 5.10 Å². The van der Waals surface area contributed by atoms with Crippen LogP contribution in [-0.2, 0) is 11.2 Å². The van der Waals surface area contributed by atoms with Crippen molar-refractivity contribution < 1.29 is 9.72 Å². The molecule has 3 aromatic carbocycles. The second-order valence-corrected chi connectivity index (χ2v) is 7.95. The number of carbonyl (C=O) groups is 1. The van der Waals surface area contributed by atoms with Gasteiger partial charge in [0.1, 0.15) is 0 Å². The van der Waals surface area contributed by atoms with Gasteiger partial charge in [0.15, 0.2) is 5.17 Å². The summed E-state index contributed by atoms with van der Waals surface area (Å²) in [5.74, 6) is -0.0515. The molecule has 0 spiro atoms. The predicted molar refractivity (Wildman–Crippen MR) is 124 cm³/mol. The highest BCUT2D eigenvalue weighted by atomic mass is 32.2. The fourth-order valence-corrected chi connectivity index (χ4v) is 4.30. The summed E-state index contributed by atoms with van der Waals surface area (Å²) in [6.07, 6.45) is 2.03. The van der Waals surface area contributed by atoms with Crippen LogP contribution in [0, 0.1) is 10.1 Å². The fourth-order valence-electron chi connectivity index (χ4n) is 3.17. The minimum atomic E-state index is -0.458. The number of non-ortho nitro benzene ring substituents is 1. The van der Waals surface area contributed by atoms with Gasteiger partial charge in [-0.3, -0.25) is 19.8 Å². The molecule has 31 heavy (non-hydrogen) atoms. The average Bonchev–Trinajstić information content (AvgIpc) is 3.10. The van der Waals surface area contributed by atoms with E-state index in [0.717, 1.165) is 11.3 Å². The molecule has 0 radical (unpaired) electrons. The van der Waals surface area contributed by atoms with Crippen molar-refractivity contribution in [2.75, 3.05) is 4.90 Å². The molecule has 1 atom stereocenters. The highest BCUT2D eigenvalue weighted by Crippen LogP contribution is 2.33. The zero-order valence-electron chi connectivity index (χ0n) is 16.4.